The Hall–Kier alpha value is -3.91. The number of ether oxygens (including phenoxy) is 5. The summed E-state index contributed by atoms with van der Waals surface area (Å²) in [6.45, 7) is 40.1. The molecular weight excluding hydrogens is 971 g/mol. The highest BCUT2D eigenvalue weighted by Crippen LogP contribution is 2.33. The van der Waals surface area contributed by atoms with Gasteiger partial charge < -0.3 is 75.4 Å². The van der Waals surface area contributed by atoms with E-state index >= 15 is 0 Å². The number of benzene rings is 3. The third-order valence-corrected chi connectivity index (χ3v) is 12.0. The predicted molar refractivity (Wildman–Crippen MR) is 302 cm³/mol. The maximum atomic E-state index is 11.4. The van der Waals surface area contributed by atoms with Gasteiger partial charge in [-0.25, -0.2) is 4.79 Å². The number of hydrogen-bond acceptors (Lipinski definition) is 15. The number of nitrogens with one attached hydrogen (secondary N) is 3. The summed E-state index contributed by atoms with van der Waals surface area (Å²) in [6, 6.07) is 20.4. The van der Waals surface area contributed by atoms with E-state index in [1.54, 1.807) is 6.92 Å². The summed E-state index contributed by atoms with van der Waals surface area (Å²) >= 11 is 0. The maximum Gasteiger partial charge on any atom is 0.335 e. The third-order valence-electron chi connectivity index (χ3n) is 12.0. The Kier molecular flexibility index (Phi) is 23.8. The first-order chi connectivity index (χ1) is 34.6. The smallest absolute Gasteiger partial charge is 0.335 e. The minimum Gasteiger partial charge on any atom is -0.479 e. The van der Waals surface area contributed by atoms with Crippen LogP contribution in [0.3, 0.4) is 0 Å². The van der Waals surface area contributed by atoms with E-state index < -0.39 is 73.4 Å². The van der Waals surface area contributed by atoms with Crippen LogP contribution in [0.15, 0.2) is 60.7 Å². The van der Waals surface area contributed by atoms with Crippen LogP contribution in [0.25, 0.3) is 0 Å². The Morgan fingerprint density at radius 1 is 0.487 bits per heavy atom. The van der Waals surface area contributed by atoms with Crippen molar-refractivity contribution in [2.45, 2.75) is 253 Å². The Balaban J connectivity index is 0.000000312. The first kappa shape index (κ1) is 66.4. The number of carboxylic acids is 1. The molecule has 10 unspecified atom stereocenters. The number of anilines is 3. The molecule has 0 amide bonds. The Morgan fingerprint density at radius 3 is 1.25 bits per heavy atom. The minimum atomic E-state index is -1.45. The highest BCUT2D eigenvalue weighted by Gasteiger charge is 2.46. The maximum absolute atomic E-state index is 11.4. The fourth-order valence-electron chi connectivity index (χ4n) is 8.16. The molecule has 2 aliphatic heterocycles. The average molecular weight is 1070 g/mol. The average Bonchev–Trinajstić information content (AvgIpc) is 3.27. The molecule has 2 aliphatic rings. The number of carboxylic acid groups (broad SMARTS) is 1. The third kappa shape index (κ3) is 23.6. The van der Waals surface area contributed by atoms with Crippen LogP contribution >= 0.6 is 0 Å². The van der Waals surface area contributed by atoms with Crippen LogP contribution < -0.4 is 16.0 Å². The molecule has 0 bridgehead atoms. The van der Waals surface area contributed by atoms with Gasteiger partial charge >= 0.3 is 5.97 Å². The number of hydrogen-bond donors (Lipinski definition) is 10. The van der Waals surface area contributed by atoms with Crippen molar-refractivity contribution in [3.05, 3.63) is 88.5 Å². The zero-order valence-corrected chi connectivity index (χ0v) is 49.4. The predicted octanol–water partition coefficient (Wildman–Crippen LogP) is 8.77. The second kappa shape index (κ2) is 27.3. The first-order valence-corrected chi connectivity index (χ1v) is 26.8. The van der Waals surface area contributed by atoms with Gasteiger partial charge in [-0.3, -0.25) is 0 Å². The standard InChI is InChI=1S/C23H37NO6.C22H37NO6.C15H25NO/c1-13-17(30-20(21(27)28)19(26)18(13)25)11-15-9-8-14(12-29-23(5,6)7)10-16(15)24-22(2,3)4;1-21(2,3)23-15-9-13(12-28-22(4,5)6)7-8-14(15)10-16-18(25)20(27)19(26)17(11-24)29-16;1-14(2,3)16-13-9-7-12(8-10-13)11-17-15(4,5)6/h8-10,13,17-20,24-26H,11-12H2,1-7H3,(H,27,28);7-9,16-20,23-27H,10-12H2,1-6H3;7-10,16H,11H2,1-6H3. The number of aliphatic carboxylic acids is 1. The van der Waals surface area contributed by atoms with E-state index in [0.29, 0.717) is 32.7 Å². The van der Waals surface area contributed by atoms with Gasteiger partial charge in [0.2, 0.25) is 0 Å². The summed E-state index contributed by atoms with van der Waals surface area (Å²) in [5.74, 6) is -1.69. The molecule has 2 fully saturated rings. The van der Waals surface area contributed by atoms with Gasteiger partial charge in [0.05, 0.1) is 61.5 Å². The first-order valence-electron chi connectivity index (χ1n) is 26.8. The summed E-state index contributed by atoms with van der Waals surface area (Å²) in [5.41, 5.74) is 7.23. The molecule has 3 aromatic carbocycles. The molecule has 0 aromatic heterocycles. The fraction of sp³-hybridized carbons (Fsp3) is 0.683. The summed E-state index contributed by atoms with van der Waals surface area (Å²) in [5, 5.41) is 80.0. The molecule has 2 heterocycles. The lowest BCUT2D eigenvalue weighted by Crippen LogP contribution is -2.59. The topological polar surface area (TPSA) is 241 Å². The molecule has 432 valence electrons. The van der Waals surface area contributed by atoms with Gasteiger partial charge in [0, 0.05) is 52.4 Å². The molecule has 0 radical (unpaired) electrons. The van der Waals surface area contributed by atoms with E-state index in [4.69, 9.17) is 23.7 Å². The molecule has 16 nitrogen and oxygen atoms in total. The van der Waals surface area contributed by atoms with Crippen molar-refractivity contribution in [1.29, 1.82) is 0 Å². The Labute approximate surface area is 455 Å². The largest absolute Gasteiger partial charge is 0.479 e. The zero-order chi connectivity index (χ0) is 57.9. The van der Waals surface area contributed by atoms with E-state index in [1.165, 1.54) is 5.56 Å². The second-order valence-electron chi connectivity index (χ2n) is 26.6. The monoisotopic (exact) mass is 1070 g/mol. The van der Waals surface area contributed by atoms with Gasteiger partial charge in [-0.15, -0.1) is 0 Å². The Bertz CT molecular complexity index is 2230. The van der Waals surface area contributed by atoms with E-state index in [9.17, 15) is 40.5 Å². The molecule has 10 N–H and O–H groups in total. The van der Waals surface area contributed by atoms with Crippen molar-refractivity contribution in [2.24, 2.45) is 5.92 Å². The molecule has 0 saturated carbocycles. The van der Waals surface area contributed by atoms with Crippen LogP contribution in [0.5, 0.6) is 0 Å². The van der Waals surface area contributed by atoms with Crippen LogP contribution in [-0.2, 0) is 61.1 Å². The quantitative estimate of drug-likeness (QED) is 0.0684. The van der Waals surface area contributed by atoms with E-state index in [0.717, 1.165) is 39.3 Å². The van der Waals surface area contributed by atoms with E-state index in [-0.39, 0.29) is 33.4 Å². The van der Waals surface area contributed by atoms with Crippen molar-refractivity contribution in [2.75, 3.05) is 22.6 Å². The van der Waals surface area contributed by atoms with Crippen molar-refractivity contribution in [3.63, 3.8) is 0 Å². The minimum absolute atomic E-state index is 0.0810. The lowest BCUT2D eigenvalue weighted by molar-refractivity contribution is -0.228. The number of rotatable bonds is 15. The lowest BCUT2D eigenvalue weighted by atomic mass is 9.84. The fourth-order valence-corrected chi connectivity index (χ4v) is 8.16. The van der Waals surface area contributed by atoms with Crippen molar-refractivity contribution >= 4 is 23.0 Å². The summed E-state index contributed by atoms with van der Waals surface area (Å²) in [7, 11) is 0. The van der Waals surface area contributed by atoms with Crippen LogP contribution in [0.2, 0.25) is 0 Å². The normalized spacial score (nSPS) is 24.6. The SMILES string of the molecule is CC(C)(C)Nc1cc(COC(C)(C)C)ccc1CC1OC(CO)C(O)C(O)C1O.CC(C)(C)Nc1ccc(COC(C)(C)C)cc1.CC1C(Cc2ccc(COC(C)(C)C)cc2NC(C)(C)C)OC(C(=O)O)C(O)C1O. The summed E-state index contributed by atoms with van der Waals surface area (Å²) in [4.78, 5) is 11.4. The Morgan fingerprint density at radius 2 is 0.868 bits per heavy atom. The van der Waals surface area contributed by atoms with Gasteiger partial charge in [0.15, 0.2) is 6.10 Å². The lowest BCUT2D eigenvalue weighted by Gasteiger charge is -2.40. The van der Waals surface area contributed by atoms with Gasteiger partial charge in [0.1, 0.15) is 30.5 Å². The molecule has 10 atom stereocenters. The highest BCUT2D eigenvalue weighted by molar-refractivity contribution is 5.73. The van der Waals surface area contributed by atoms with Crippen LogP contribution in [0, 0.1) is 5.92 Å². The highest BCUT2D eigenvalue weighted by atomic mass is 16.6. The van der Waals surface area contributed by atoms with Crippen LogP contribution in [-0.4, -0.2) is 137 Å². The molecule has 0 aliphatic carbocycles. The summed E-state index contributed by atoms with van der Waals surface area (Å²) < 4.78 is 28.9. The van der Waals surface area contributed by atoms with Gasteiger partial charge in [-0.05, 0) is 177 Å². The zero-order valence-electron chi connectivity index (χ0n) is 49.4. The molecular formula is C60H99N3O13. The molecule has 5 rings (SSSR count). The van der Waals surface area contributed by atoms with Gasteiger partial charge in [0.25, 0.3) is 0 Å². The van der Waals surface area contributed by atoms with Crippen molar-refractivity contribution in [3.8, 4) is 0 Å². The number of aliphatic hydroxyl groups is 6. The van der Waals surface area contributed by atoms with Crippen LogP contribution in [0.1, 0.15) is 159 Å². The number of aliphatic hydroxyl groups excluding tert-OH is 6. The molecule has 76 heavy (non-hydrogen) atoms. The molecule has 2 saturated heterocycles. The molecule has 3 aromatic rings. The second-order valence-corrected chi connectivity index (χ2v) is 26.6. The van der Waals surface area contributed by atoms with Gasteiger partial charge in [-0.1, -0.05) is 43.3 Å². The summed E-state index contributed by atoms with van der Waals surface area (Å²) in [6.07, 6.45) is -9.49. The number of carbonyl (C=O) groups is 1. The van der Waals surface area contributed by atoms with Crippen LogP contribution in [0.4, 0.5) is 17.1 Å². The van der Waals surface area contributed by atoms with E-state index in [1.807, 2.05) is 77.9 Å². The van der Waals surface area contributed by atoms with Crippen molar-refractivity contribution in [1.82, 2.24) is 0 Å². The molecule has 16 heteroatoms. The van der Waals surface area contributed by atoms with Gasteiger partial charge in [-0.2, -0.15) is 0 Å². The van der Waals surface area contributed by atoms with Crippen molar-refractivity contribution < 1.29 is 64.2 Å². The van der Waals surface area contributed by atoms with E-state index in [2.05, 4.69) is 123 Å². The molecule has 0 spiro atoms.